The molecule has 80 valence electrons. The zero-order valence-electron chi connectivity index (χ0n) is 8.43. The minimum absolute atomic E-state index is 0.260. The number of aryl methyl sites for hydroxylation is 1. The fraction of sp³-hybridized carbons (Fsp3) is 0.750. The molecule has 0 radical (unpaired) electrons. The van der Waals surface area contributed by atoms with Gasteiger partial charge in [0.25, 0.3) is 0 Å². The van der Waals surface area contributed by atoms with Crippen LogP contribution in [0, 0.1) is 0 Å². The average molecular weight is 200 g/mol. The van der Waals surface area contributed by atoms with Gasteiger partial charge in [0.1, 0.15) is 0 Å². The summed E-state index contributed by atoms with van der Waals surface area (Å²) < 4.78 is 1.65. The summed E-state index contributed by atoms with van der Waals surface area (Å²) in [4.78, 5) is 0. The molecule has 1 aromatic heterocycles. The molecular weight excluding hydrogens is 184 g/mol. The largest absolute Gasteiger partial charge is 0.393 e. The summed E-state index contributed by atoms with van der Waals surface area (Å²) in [6, 6.07) is 0. The van der Waals surface area contributed by atoms with Crippen molar-refractivity contribution in [2.24, 2.45) is 7.05 Å². The van der Waals surface area contributed by atoms with Gasteiger partial charge >= 0.3 is 0 Å². The van der Waals surface area contributed by atoms with E-state index < -0.39 is 5.60 Å². The highest BCUT2D eigenvalue weighted by atomic mass is 16.3. The molecule has 0 fully saturated rings. The first-order chi connectivity index (χ1) is 6.55. The van der Waals surface area contributed by atoms with Crippen LogP contribution in [-0.4, -0.2) is 44.0 Å². The van der Waals surface area contributed by atoms with Crippen molar-refractivity contribution in [3.63, 3.8) is 0 Å². The third-order valence-corrected chi connectivity index (χ3v) is 1.96. The smallest absolute Gasteiger partial charge is 0.0972 e. The first-order valence-electron chi connectivity index (χ1n) is 4.43. The Morgan fingerprint density at radius 1 is 1.64 bits per heavy atom. The number of aromatic nitrogens is 3. The van der Waals surface area contributed by atoms with Gasteiger partial charge in [-0.05, 0) is 6.92 Å². The van der Waals surface area contributed by atoms with Crippen molar-refractivity contribution >= 4 is 0 Å². The van der Waals surface area contributed by atoms with Gasteiger partial charge in [-0.15, -0.1) is 5.10 Å². The lowest BCUT2D eigenvalue weighted by atomic mass is 10.1. The topological polar surface area (TPSA) is 83.2 Å². The second-order valence-electron chi connectivity index (χ2n) is 3.61. The molecule has 0 saturated carbocycles. The average Bonchev–Trinajstić information content (AvgIpc) is 2.52. The summed E-state index contributed by atoms with van der Waals surface area (Å²) in [7, 11) is 1.80. The number of hydrogen-bond donors (Lipinski definition) is 3. The van der Waals surface area contributed by atoms with Crippen molar-refractivity contribution in [1.82, 2.24) is 20.3 Å². The second kappa shape index (κ2) is 4.50. The third-order valence-electron chi connectivity index (χ3n) is 1.96. The van der Waals surface area contributed by atoms with Crippen LogP contribution in [0.25, 0.3) is 0 Å². The lowest BCUT2D eigenvalue weighted by Gasteiger charge is -2.20. The van der Waals surface area contributed by atoms with E-state index in [0.29, 0.717) is 13.1 Å². The quantitative estimate of drug-likeness (QED) is 0.547. The Morgan fingerprint density at radius 2 is 2.36 bits per heavy atom. The van der Waals surface area contributed by atoms with Crippen LogP contribution >= 0.6 is 0 Å². The summed E-state index contributed by atoms with van der Waals surface area (Å²) in [5.41, 5.74) is -0.148. The van der Waals surface area contributed by atoms with Gasteiger partial charge in [0.2, 0.25) is 0 Å². The SMILES string of the molecule is Cn1nncc1CNCC(C)(O)CO. The molecule has 0 aliphatic carbocycles. The van der Waals surface area contributed by atoms with Crippen LogP contribution in [0.3, 0.4) is 0 Å². The van der Waals surface area contributed by atoms with Crippen molar-refractivity contribution in [3.05, 3.63) is 11.9 Å². The minimum atomic E-state index is -1.08. The Kier molecular flexibility index (Phi) is 3.56. The first kappa shape index (κ1) is 11.1. The highest BCUT2D eigenvalue weighted by molar-refractivity contribution is 4.92. The number of nitrogens with zero attached hydrogens (tertiary/aromatic N) is 3. The highest BCUT2D eigenvalue weighted by Crippen LogP contribution is 1.99. The van der Waals surface area contributed by atoms with Crippen LogP contribution in [0.4, 0.5) is 0 Å². The normalized spacial score (nSPS) is 15.4. The van der Waals surface area contributed by atoms with Crippen LogP contribution in [0.1, 0.15) is 12.6 Å². The van der Waals surface area contributed by atoms with Gasteiger partial charge in [-0.25, -0.2) is 0 Å². The van der Waals surface area contributed by atoms with E-state index in [0.717, 1.165) is 5.69 Å². The molecule has 0 saturated heterocycles. The van der Waals surface area contributed by atoms with Gasteiger partial charge < -0.3 is 15.5 Å². The summed E-state index contributed by atoms with van der Waals surface area (Å²) >= 11 is 0. The predicted octanol–water partition coefficient (Wildman–Crippen LogP) is -1.35. The number of aliphatic hydroxyl groups is 2. The highest BCUT2D eigenvalue weighted by Gasteiger charge is 2.17. The molecule has 0 aliphatic rings. The molecule has 0 amide bonds. The van der Waals surface area contributed by atoms with Crippen molar-refractivity contribution in [1.29, 1.82) is 0 Å². The fourth-order valence-corrected chi connectivity index (χ4v) is 0.987. The summed E-state index contributed by atoms with van der Waals surface area (Å²) in [5.74, 6) is 0. The van der Waals surface area contributed by atoms with Gasteiger partial charge in [0.05, 0.1) is 24.1 Å². The fourth-order valence-electron chi connectivity index (χ4n) is 0.987. The van der Waals surface area contributed by atoms with E-state index in [2.05, 4.69) is 15.6 Å². The van der Waals surface area contributed by atoms with E-state index in [-0.39, 0.29) is 6.61 Å². The van der Waals surface area contributed by atoms with Crippen molar-refractivity contribution in [2.45, 2.75) is 19.1 Å². The molecular formula is C8H16N4O2. The van der Waals surface area contributed by atoms with Crippen molar-refractivity contribution < 1.29 is 10.2 Å². The lowest BCUT2D eigenvalue weighted by Crippen LogP contribution is -2.40. The number of aliphatic hydroxyl groups excluding tert-OH is 1. The number of rotatable bonds is 5. The van der Waals surface area contributed by atoms with Crippen LogP contribution in [-0.2, 0) is 13.6 Å². The van der Waals surface area contributed by atoms with Crippen LogP contribution in [0.2, 0.25) is 0 Å². The van der Waals surface area contributed by atoms with E-state index in [1.165, 1.54) is 0 Å². The number of nitrogens with one attached hydrogen (secondary N) is 1. The molecule has 1 heterocycles. The molecule has 1 aromatic rings. The molecule has 6 heteroatoms. The second-order valence-corrected chi connectivity index (χ2v) is 3.61. The van der Waals surface area contributed by atoms with E-state index >= 15 is 0 Å². The standard InChI is InChI=1S/C8H16N4O2/c1-8(14,6-13)5-9-3-7-4-10-11-12(7)2/h4,9,13-14H,3,5-6H2,1-2H3. The maximum absolute atomic E-state index is 9.47. The third kappa shape index (κ3) is 3.06. The Labute approximate surface area is 82.6 Å². The van der Waals surface area contributed by atoms with E-state index in [9.17, 15) is 5.11 Å². The molecule has 3 N–H and O–H groups in total. The Balaban J connectivity index is 2.32. The van der Waals surface area contributed by atoms with Gasteiger partial charge in [-0.1, -0.05) is 5.21 Å². The van der Waals surface area contributed by atoms with Gasteiger partial charge in [0.15, 0.2) is 0 Å². The molecule has 0 bridgehead atoms. The zero-order chi connectivity index (χ0) is 10.6. The summed E-state index contributed by atoms with van der Waals surface area (Å²) in [6.45, 7) is 2.21. The Morgan fingerprint density at radius 3 is 2.86 bits per heavy atom. The predicted molar refractivity (Wildman–Crippen MR) is 50.4 cm³/mol. The van der Waals surface area contributed by atoms with Gasteiger partial charge in [0, 0.05) is 20.1 Å². The van der Waals surface area contributed by atoms with Crippen molar-refractivity contribution in [3.8, 4) is 0 Å². The van der Waals surface area contributed by atoms with E-state index in [1.807, 2.05) is 0 Å². The van der Waals surface area contributed by atoms with Crippen LogP contribution in [0.15, 0.2) is 6.20 Å². The molecule has 1 rings (SSSR count). The zero-order valence-corrected chi connectivity index (χ0v) is 8.43. The van der Waals surface area contributed by atoms with E-state index in [4.69, 9.17) is 5.11 Å². The van der Waals surface area contributed by atoms with Gasteiger partial charge in [-0.2, -0.15) is 0 Å². The van der Waals surface area contributed by atoms with Crippen LogP contribution < -0.4 is 5.32 Å². The Bertz CT molecular complexity index is 285. The maximum atomic E-state index is 9.47. The molecule has 6 nitrogen and oxygen atoms in total. The molecule has 0 aliphatic heterocycles. The summed E-state index contributed by atoms with van der Waals surface area (Å²) in [6.07, 6.45) is 1.65. The Hall–Kier alpha value is -0.980. The summed E-state index contributed by atoms with van der Waals surface area (Å²) in [5, 5.41) is 28.8. The minimum Gasteiger partial charge on any atom is -0.393 e. The maximum Gasteiger partial charge on any atom is 0.0972 e. The first-order valence-corrected chi connectivity index (χ1v) is 4.43. The molecule has 0 spiro atoms. The van der Waals surface area contributed by atoms with E-state index in [1.54, 1.807) is 24.9 Å². The molecule has 0 aromatic carbocycles. The molecule has 14 heavy (non-hydrogen) atoms. The van der Waals surface area contributed by atoms with Crippen molar-refractivity contribution in [2.75, 3.05) is 13.2 Å². The lowest BCUT2D eigenvalue weighted by molar-refractivity contribution is 0.00244. The molecule has 1 unspecified atom stereocenters. The molecule has 1 atom stereocenters. The monoisotopic (exact) mass is 200 g/mol. The van der Waals surface area contributed by atoms with Gasteiger partial charge in [-0.3, -0.25) is 4.68 Å². The number of hydrogen-bond acceptors (Lipinski definition) is 5. The van der Waals surface area contributed by atoms with Crippen LogP contribution in [0.5, 0.6) is 0 Å².